The van der Waals surface area contributed by atoms with Crippen LogP contribution in [-0.2, 0) is 52.1 Å². The maximum atomic E-state index is 7.04. The minimum absolute atomic E-state index is 0.417. The Morgan fingerprint density at radius 1 is 0.338 bits per heavy atom. The van der Waals surface area contributed by atoms with Gasteiger partial charge in [-0.2, -0.15) is 0 Å². The Balaban J connectivity index is 1.17. The zero-order valence-electron chi connectivity index (χ0n) is 36.3. The first-order valence-corrected chi connectivity index (χ1v) is 22.3. The molecule has 1 heterocycles. The molecule has 0 unspecified atom stereocenters. The summed E-state index contributed by atoms with van der Waals surface area (Å²) in [5.74, 6) is 3.47. The molecule has 10 rings (SSSR count). The fourth-order valence-electron chi connectivity index (χ4n) is 8.79. The zero-order valence-corrected chi connectivity index (χ0v) is 36.3. The van der Waals surface area contributed by atoms with E-state index >= 15 is 0 Å². The van der Waals surface area contributed by atoms with Crippen LogP contribution in [0.15, 0.2) is 207 Å². The fourth-order valence-corrected chi connectivity index (χ4v) is 8.79. The van der Waals surface area contributed by atoms with Crippen LogP contribution in [0.5, 0.6) is 23.0 Å². The maximum absolute atomic E-state index is 7.04. The maximum Gasteiger partial charge on any atom is 0.127 e. The van der Waals surface area contributed by atoms with E-state index in [9.17, 15) is 0 Å². The summed E-state index contributed by atoms with van der Waals surface area (Å²) in [6.45, 7) is 1.72. The first-order chi connectivity index (χ1) is 32.2. The van der Waals surface area contributed by atoms with E-state index in [0.29, 0.717) is 52.1 Å². The molecule has 0 radical (unpaired) electrons. The van der Waals surface area contributed by atoms with Crippen LogP contribution in [-0.4, -0.2) is 9.55 Å². The standard InChI is InChI=1S/C59H50N2O4/c1-5-16-43(17-6-1)38-62-56-47-24-13-25-48(56)33-50-27-15-29-52(58(50)64-40-45-20-9-3-10-21-45)35-54-37-55(61-31-30-60-42-61)36-53(59(54)65-41-46-22-11-4-12-23-46)34-51-28-14-26-49(32-47)57(51)63-39-44-18-7-2-8-19-44/h1-31,36-37,42H,32-35,38-41H2. The van der Waals surface area contributed by atoms with Crippen LogP contribution in [0.25, 0.3) is 5.69 Å². The van der Waals surface area contributed by atoms with Crippen molar-refractivity contribution in [1.82, 2.24) is 9.55 Å². The highest BCUT2D eigenvalue weighted by molar-refractivity contribution is 5.58. The number of para-hydroxylation sites is 3. The number of nitrogens with zero attached hydrogens (tertiary/aromatic N) is 2. The van der Waals surface area contributed by atoms with Gasteiger partial charge in [0.25, 0.3) is 0 Å². The van der Waals surface area contributed by atoms with Gasteiger partial charge in [0.15, 0.2) is 0 Å². The first-order valence-electron chi connectivity index (χ1n) is 22.3. The van der Waals surface area contributed by atoms with Gasteiger partial charge in [-0.25, -0.2) is 4.98 Å². The summed E-state index contributed by atoms with van der Waals surface area (Å²) >= 11 is 0. The number of imidazole rings is 1. The molecule has 0 fully saturated rings. The van der Waals surface area contributed by atoms with E-state index in [4.69, 9.17) is 18.9 Å². The Bertz CT molecular complexity index is 2830. The summed E-state index contributed by atoms with van der Waals surface area (Å²) in [6, 6.07) is 65.7. The van der Waals surface area contributed by atoms with Gasteiger partial charge in [-0.05, 0) is 67.8 Å². The largest absolute Gasteiger partial charge is 0.488 e. The molecule has 0 spiro atoms. The summed E-state index contributed by atoms with van der Waals surface area (Å²) < 4.78 is 30.0. The quantitative estimate of drug-likeness (QED) is 0.116. The number of aromatic nitrogens is 2. The molecule has 320 valence electrons. The molecular formula is C59H50N2O4. The van der Waals surface area contributed by atoms with Gasteiger partial charge in [0, 0.05) is 54.9 Å². The van der Waals surface area contributed by atoms with E-state index in [0.717, 1.165) is 95.4 Å². The van der Waals surface area contributed by atoms with E-state index in [-0.39, 0.29) is 0 Å². The van der Waals surface area contributed by atoms with Crippen LogP contribution in [0.3, 0.4) is 0 Å². The lowest BCUT2D eigenvalue weighted by Crippen LogP contribution is -2.10. The average Bonchev–Trinajstić information content (AvgIpc) is 3.90. The van der Waals surface area contributed by atoms with Gasteiger partial charge in [0.05, 0.1) is 6.33 Å². The van der Waals surface area contributed by atoms with Gasteiger partial charge in [-0.15, -0.1) is 0 Å². The molecule has 1 aliphatic rings. The topological polar surface area (TPSA) is 54.7 Å². The van der Waals surface area contributed by atoms with Crippen molar-refractivity contribution < 1.29 is 18.9 Å². The molecule has 65 heavy (non-hydrogen) atoms. The zero-order chi connectivity index (χ0) is 43.6. The monoisotopic (exact) mass is 850 g/mol. The molecule has 9 aromatic rings. The molecule has 0 aliphatic heterocycles. The van der Waals surface area contributed by atoms with Crippen LogP contribution in [0.2, 0.25) is 0 Å². The van der Waals surface area contributed by atoms with Crippen LogP contribution in [0, 0.1) is 0 Å². The lowest BCUT2D eigenvalue weighted by molar-refractivity contribution is 0.293. The van der Waals surface area contributed by atoms with Crippen molar-refractivity contribution in [3.63, 3.8) is 0 Å². The molecule has 8 aromatic carbocycles. The Morgan fingerprint density at radius 3 is 0.923 bits per heavy atom. The third kappa shape index (κ3) is 9.88. The summed E-state index contributed by atoms with van der Waals surface area (Å²) in [5, 5.41) is 0. The van der Waals surface area contributed by atoms with Gasteiger partial charge in [-0.3, -0.25) is 0 Å². The van der Waals surface area contributed by atoms with Gasteiger partial charge in [-0.1, -0.05) is 176 Å². The number of fused-ring (bicyclic) bond motifs is 8. The van der Waals surface area contributed by atoms with Crippen molar-refractivity contribution in [3.05, 3.63) is 274 Å². The molecular weight excluding hydrogens is 801 g/mol. The lowest BCUT2D eigenvalue weighted by atomic mass is 9.91. The van der Waals surface area contributed by atoms with Gasteiger partial charge >= 0.3 is 0 Å². The fraction of sp³-hybridized carbons (Fsp3) is 0.136. The minimum atomic E-state index is 0.417. The van der Waals surface area contributed by atoms with Crippen LogP contribution in [0.1, 0.15) is 66.8 Å². The van der Waals surface area contributed by atoms with Crippen molar-refractivity contribution in [1.29, 1.82) is 0 Å². The smallest absolute Gasteiger partial charge is 0.127 e. The molecule has 0 atom stereocenters. The highest BCUT2D eigenvalue weighted by Gasteiger charge is 2.23. The summed E-state index contributed by atoms with van der Waals surface area (Å²) in [4.78, 5) is 4.45. The number of hydrogen-bond acceptors (Lipinski definition) is 5. The van der Waals surface area contributed by atoms with Crippen molar-refractivity contribution in [2.45, 2.75) is 52.1 Å². The highest BCUT2D eigenvalue weighted by Crippen LogP contribution is 2.40. The molecule has 0 N–H and O–H groups in total. The van der Waals surface area contributed by atoms with Gasteiger partial charge < -0.3 is 23.5 Å². The van der Waals surface area contributed by atoms with Crippen molar-refractivity contribution in [2.75, 3.05) is 0 Å². The molecule has 8 bridgehead atoms. The predicted molar refractivity (Wildman–Crippen MR) is 257 cm³/mol. The number of rotatable bonds is 13. The Morgan fingerprint density at radius 2 is 0.631 bits per heavy atom. The predicted octanol–water partition coefficient (Wildman–Crippen LogP) is 12.9. The normalized spacial score (nSPS) is 12.0. The molecule has 0 amide bonds. The SMILES string of the molecule is c1ccc(COc2c3cccc2Cc2cccc(c2OCc2ccccc2)Cc2cc(-n4ccnc4)cc(c2OCc2ccccc2)Cc2cccc(c2OCc2ccccc2)C3)cc1. The summed E-state index contributed by atoms with van der Waals surface area (Å²) in [7, 11) is 0. The van der Waals surface area contributed by atoms with E-state index < -0.39 is 0 Å². The molecule has 0 saturated heterocycles. The third-order valence-corrected chi connectivity index (χ3v) is 12.0. The van der Waals surface area contributed by atoms with E-state index in [2.05, 4.69) is 173 Å². The number of ether oxygens (including phenoxy) is 4. The molecule has 1 aliphatic carbocycles. The van der Waals surface area contributed by atoms with Gasteiger partial charge in [0.1, 0.15) is 49.4 Å². The van der Waals surface area contributed by atoms with Crippen molar-refractivity contribution >= 4 is 0 Å². The molecule has 0 saturated carbocycles. The van der Waals surface area contributed by atoms with Crippen molar-refractivity contribution in [3.8, 4) is 28.7 Å². The van der Waals surface area contributed by atoms with Gasteiger partial charge in [0.2, 0.25) is 0 Å². The van der Waals surface area contributed by atoms with Crippen molar-refractivity contribution in [2.24, 2.45) is 0 Å². The molecule has 6 heteroatoms. The second-order valence-corrected chi connectivity index (χ2v) is 16.6. The highest BCUT2D eigenvalue weighted by atomic mass is 16.5. The Labute approximate surface area is 381 Å². The molecule has 1 aromatic heterocycles. The van der Waals surface area contributed by atoms with E-state index in [1.807, 2.05) is 43.0 Å². The average molecular weight is 851 g/mol. The van der Waals surface area contributed by atoms with Crippen LogP contribution < -0.4 is 18.9 Å². The Kier molecular flexibility index (Phi) is 12.5. The number of benzene rings is 8. The van der Waals surface area contributed by atoms with Crippen LogP contribution in [0.4, 0.5) is 0 Å². The molecule has 6 nitrogen and oxygen atoms in total. The Hall–Kier alpha value is -7.83. The number of hydrogen-bond donors (Lipinski definition) is 0. The first kappa shape index (κ1) is 41.2. The minimum Gasteiger partial charge on any atom is -0.488 e. The lowest BCUT2D eigenvalue weighted by Gasteiger charge is -2.23. The van der Waals surface area contributed by atoms with E-state index in [1.54, 1.807) is 0 Å². The third-order valence-electron chi connectivity index (χ3n) is 12.0. The van der Waals surface area contributed by atoms with Crippen LogP contribution >= 0.6 is 0 Å². The summed E-state index contributed by atoms with van der Waals surface area (Å²) in [6.07, 6.45) is 8.00. The summed E-state index contributed by atoms with van der Waals surface area (Å²) in [5.41, 5.74) is 14.0. The van der Waals surface area contributed by atoms with E-state index in [1.165, 1.54) is 0 Å². The second-order valence-electron chi connectivity index (χ2n) is 16.6. The second kappa shape index (κ2) is 19.7.